The predicted octanol–water partition coefficient (Wildman–Crippen LogP) is 4.73. The number of rotatable bonds is 7. The lowest BCUT2D eigenvalue weighted by molar-refractivity contribution is -0.136. The summed E-state index contributed by atoms with van der Waals surface area (Å²) >= 11 is 0. The molecule has 0 amide bonds. The van der Waals surface area contributed by atoms with E-state index in [4.69, 9.17) is 15.2 Å². The first kappa shape index (κ1) is 25.5. The highest BCUT2D eigenvalue weighted by molar-refractivity contribution is 5.83. The summed E-state index contributed by atoms with van der Waals surface area (Å²) in [5.41, 5.74) is 11.0. The van der Waals surface area contributed by atoms with Crippen molar-refractivity contribution in [2.24, 2.45) is 12.8 Å². The second-order valence-electron chi connectivity index (χ2n) is 9.53. The monoisotopic (exact) mass is 518 g/mol. The zero-order chi connectivity index (χ0) is 26.9. The number of hydrogen-bond donors (Lipinski definition) is 2. The van der Waals surface area contributed by atoms with Gasteiger partial charge in [-0.1, -0.05) is 6.07 Å². The van der Waals surface area contributed by atoms with Crippen LogP contribution in [0.5, 0.6) is 0 Å². The van der Waals surface area contributed by atoms with Crippen molar-refractivity contribution in [3.8, 4) is 22.4 Å². The highest BCUT2D eigenvalue weighted by atomic mass is 19.1. The third-order valence-corrected chi connectivity index (χ3v) is 6.17. The molecule has 4 aromatic rings. The van der Waals surface area contributed by atoms with Crippen LogP contribution in [0, 0.1) is 11.6 Å². The molecule has 3 N–H and O–H groups in total. The van der Waals surface area contributed by atoms with Crippen molar-refractivity contribution in [2.75, 3.05) is 18.5 Å². The number of anilines is 1. The van der Waals surface area contributed by atoms with E-state index in [1.807, 2.05) is 45.3 Å². The molecule has 0 aliphatic carbocycles. The van der Waals surface area contributed by atoms with Gasteiger partial charge in [-0.05, 0) is 43.7 Å². The lowest BCUT2D eigenvalue weighted by Gasteiger charge is -2.18. The van der Waals surface area contributed by atoms with Gasteiger partial charge in [0.15, 0.2) is 11.6 Å². The summed E-state index contributed by atoms with van der Waals surface area (Å²) in [7, 11) is 1.85. The quantitative estimate of drug-likeness (QED) is 0.365. The topological polar surface area (TPSA) is 100 Å². The Morgan fingerprint density at radius 3 is 2.58 bits per heavy atom. The van der Waals surface area contributed by atoms with Gasteiger partial charge in [-0.2, -0.15) is 5.10 Å². The van der Waals surface area contributed by atoms with Crippen molar-refractivity contribution in [1.82, 2.24) is 19.7 Å². The molecule has 1 aliphatic heterocycles. The lowest BCUT2D eigenvalue weighted by atomic mass is 9.97. The van der Waals surface area contributed by atoms with Gasteiger partial charge in [0.25, 0.3) is 0 Å². The van der Waals surface area contributed by atoms with Gasteiger partial charge in [-0.3, -0.25) is 14.6 Å². The van der Waals surface area contributed by atoms with Gasteiger partial charge >= 0.3 is 0 Å². The van der Waals surface area contributed by atoms with Crippen molar-refractivity contribution >= 4 is 11.3 Å². The molecular weight excluding hydrogens is 490 g/mol. The maximum absolute atomic E-state index is 14.7. The summed E-state index contributed by atoms with van der Waals surface area (Å²) in [6.45, 7) is 4.63. The lowest BCUT2D eigenvalue weighted by Crippen LogP contribution is -2.26. The van der Waals surface area contributed by atoms with Crippen LogP contribution in [-0.2, 0) is 16.5 Å². The van der Waals surface area contributed by atoms with Crippen LogP contribution in [0.1, 0.15) is 25.1 Å². The average Bonchev–Trinajstić information content (AvgIpc) is 3.48. The number of nitrogens with one attached hydrogen (secondary N) is 1. The van der Waals surface area contributed by atoms with E-state index < -0.39 is 17.4 Å². The SMILES string of the molecule is Cn1cc(-c2ccc(C(=CN)c3cc(NCC4COC(C)(C)O4)cc(-c4ncc(F)cc4F)c3)nc2)cn1. The summed E-state index contributed by atoms with van der Waals surface area (Å²) < 4.78 is 41.5. The first-order valence-corrected chi connectivity index (χ1v) is 12.1. The van der Waals surface area contributed by atoms with Gasteiger partial charge < -0.3 is 20.5 Å². The third-order valence-electron chi connectivity index (χ3n) is 6.17. The third kappa shape index (κ3) is 5.56. The van der Waals surface area contributed by atoms with Gasteiger partial charge in [0.2, 0.25) is 0 Å². The van der Waals surface area contributed by atoms with Crippen molar-refractivity contribution in [3.63, 3.8) is 0 Å². The molecule has 196 valence electrons. The van der Waals surface area contributed by atoms with Gasteiger partial charge in [0, 0.05) is 66.2 Å². The number of aryl methyl sites for hydroxylation is 1. The zero-order valence-corrected chi connectivity index (χ0v) is 21.3. The van der Waals surface area contributed by atoms with E-state index in [2.05, 4.69) is 20.4 Å². The van der Waals surface area contributed by atoms with Crippen LogP contribution < -0.4 is 11.1 Å². The molecule has 1 aromatic carbocycles. The zero-order valence-electron chi connectivity index (χ0n) is 21.3. The maximum atomic E-state index is 14.7. The molecule has 1 fully saturated rings. The predicted molar refractivity (Wildman–Crippen MR) is 141 cm³/mol. The molecule has 1 aliphatic rings. The molecule has 1 unspecified atom stereocenters. The van der Waals surface area contributed by atoms with E-state index in [0.29, 0.717) is 41.2 Å². The van der Waals surface area contributed by atoms with Gasteiger partial charge in [-0.15, -0.1) is 0 Å². The van der Waals surface area contributed by atoms with Crippen molar-refractivity contribution in [2.45, 2.75) is 25.7 Å². The molecule has 4 heterocycles. The largest absolute Gasteiger partial charge is 0.404 e. The summed E-state index contributed by atoms with van der Waals surface area (Å²) in [6, 6.07) is 10.0. The van der Waals surface area contributed by atoms with E-state index in [0.717, 1.165) is 23.4 Å². The Bertz CT molecular complexity index is 1480. The molecule has 1 atom stereocenters. The average molecular weight is 519 g/mol. The standard InChI is InChI=1S/C28H28F2N6O2/c1-28(2)37-16-23(38-28)14-32-22-7-18(6-19(8-22)27-25(30)9-21(29)13-34-27)24(10-31)26-5-4-17(11-33-26)20-12-35-36(3)15-20/h4-13,15,23,32H,14,16,31H2,1-3H3. The number of halogens is 2. The highest BCUT2D eigenvalue weighted by Gasteiger charge is 2.32. The number of aromatic nitrogens is 4. The fraction of sp³-hybridized carbons (Fsp3) is 0.250. The molecule has 8 nitrogen and oxygen atoms in total. The Morgan fingerprint density at radius 2 is 1.95 bits per heavy atom. The molecule has 10 heteroatoms. The Labute approximate surface area is 219 Å². The van der Waals surface area contributed by atoms with Crippen molar-refractivity contribution in [1.29, 1.82) is 0 Å². The van der Waals surface area contributed by atoms with E-state index in [9.17, 15) is 8.78 Å². The number of hydrogen-bond acceptors (Lipinski definition) is 7. The van der Waals surface area contributed by atoms with Crippen LogP contribution in [0.3, 0.4) is 0 Å². The maximum Gasteiger partial charge on any atom is 0.163 e. The van der Waals surface area contributed by atoms with Gasteiger partial charge in [0.1, 0.15) is 17.6 Å². The van der Waals surface area contributed by atoms with Crippen LogP contribution in [-0.4, -0.2) is 44.8 Å². The number of ether oxygens (including phenoxy) is 2. The first-order valence-electron chi connectivity index (χ1n) is 12.1. The highest BCUT2D eigenvalue weighted by Crippen LogP contribution is 2.32. The Balaban J connectivity index is 1.49. The van der Waals surface area contributed by atoms with Gasteiger partial charge in [-0.25, -0.2) is 8.78 Å². The molecule has 0 spiro atoms. The fourth-order valence-electron chi connectivity index (χ4n) is 4.37. The molecule has 1 saturated heterocycles. The molecule has 5 rings (SSSR count). The Hall–Kier alpha value is -4.15. The van der Waals surface area contributed by atoms with Crippen LogP contribution in [0.15, 0.2) is 67.4 Å². The smallest absolute Gasteiger partial charge is 0.163 e. The fourth-order valence-corrected chi connectivity index (χ4v) is 4.37. The minimum atomic E-state index is -0.764. The van der Waals surface area contributed by atoms with Crippen molar-refractivity contribution < 1.29 is 18.3 Å². The van der Waals surface area contributed by atoms with E-state index in [1.165, 1.54) is 6.20 Å². The number of nitrogens with zero attached hydrogens (tertiary/aromatic N) is 4. The molecule has 3 aromatic heterocycles. The molecule has 0 radical (unpaired) electrons. The minimum Gasteiger partial charge on any atom is -0.404 e. The summed E-state index contributed by atoms with van der Waals surface area (Å²) in [4.78, 5) is 8.61. The van der Waals surface area contributed by atoms with Gasteiger partial charge in [0.05, 0.1) is 24.7 Å². The summed E-state index contributed by atoms with van der Waals surface area (Å²) in [6.07, 6.45) is 7.70. The molecular formula is C28H28F2N6O2. The van der Waals surface area contributed by atoms with E-state index in [-0.39, 0.29) is 11.8 Å². The van der Waals surface area contributed by atoms with Crippen molar-refractivity contribution in [3.05, 3.63) is 90.3 Å². The number of nitrogens with two attached hydrogens (primary N) is 1. The summed E-state index contributed by atoms with van der Waals surface area (Å²) in [5.74, 6) is -2.16. The molecule has 38 heavy (non-hydrogen) atoms. The van der Waals surface area contributed by atoms with Crippen LogP contribution in [0.2, 0.25) is 0 Å². The van der Waals surface area contributed by atoms with E-state index in [1.54, 1.807) is 29.2 Å². The number of pyridine rings is 2. The Morgan fingerprint density at radius 1 is 1.11 bits per heavy atom. The first-order chi connectivity index (χ1) is 18.2. The molecule has 0 saturated carbocycles. The molecule has 0 bridgehead atoms. The normalized spacial score (nSPS) is 17.1. The van der Waals surface area contributed by atoms with Crippen LogP contribution in [0.4, 0.5) is 14.5 Å². The summed E-state index contributed by atoms with van der Waals surface area (Å²) in [5, 5.41) is 7.54. The second kappa shape index (κ2) is 10.3. The second-order valence-corrected chi connectivity index (χ2v) is 9.53. The van der Waals surface area contributed by atoms with Crippen LogP contribution in [0.25, 0.3) is 28.0 Å². The Kier molecular flexibility index (Phi) is 6.92. The minimum absolute atomic E-state index is 0.0224. The van der Waals surface area contributed by atoms with E-state index >= 15 is 0 Å². The number of benzene rings is 1. The van der Waals surface area contributed by atoms with Crippen LogP contribution >= 0.6 is 0 Å².